The van der Waals surface area contributed by atoms with Crippen molar-refractivity contribution in [3.63, 3.8) is 0 Å². The fraction of sp³-hybridized carbons (Fsp3) is 0.333. The summed E-state index contributed by atoms with van der Waals surface area (Å²) in [4.78, 5) is 9.01. The van der Waals surface area contributed by atoms with Gasteiger partial charge >= 0.3 is 0 Å². The van der Waals surface area contributed by atoms with E-state index in [1.807, 2.05) is 45.6 Å². The lowest BCUT2D eigenvalue weighted by Gasteiger charge is -2.10. The van der Waals surface area contributed by atoms with Gasteiger partial charge in [0.05, 0.1) is 0 Å². The molecule has 2 aromatic carbocycles. The van der Waals surface area contributed by atoms with Crippen LogP contribution in [0.25, 0.3) is 32.2 Å². The Hall–Kier alpha value is -5.28. The molecule has 0 saturated heterocycles. The topological polar surface area (TPSA) is 212 Å². The molecule has 0 fully saturated rings. The number of rotatable bonds is 18. The zero-order chi connectivity index (χ0) is 42.7. The first-order valence-electron chi connectivity index (χ1n) is 20.3. The predicted octanol–water partition coefficient (Wildman–Crippen LogP) is 7.87. The number of halogens is 1. The molecule has 0 aliphatic carbocycles. The first-order chi connectivity index (χ1) is 29.7. The molecule has 8 N–H and O–H groups in total. The first kappa shape index (κ1) is 43.8. The Kier molecular flexibility index (Phi) is 15.1. The maximum absolute atomic E-state index is 5.59. The number of nitrogens with one attached hydrogen (secondary N) is 4. The van der Waals surface area contributed by atoms with Crippen molar-refractivity contribution in [2.75, 3.05) is 36.8 Å². The molecule has 0 bridgehead atoms. The molecule has 0 atom stereocenters. The van der Waals surface area contributed by atoms with Gasteiger partial charge in [-0.2, -0.15) is 10.2 Å². The Morgan fingerprint density at radius 1 is 0.656 bits per heavy atom. The van der Waals surface area contributed by atoms with Crippen molar-refractivity contribution < 1.29 is 0 Å². The third-order valence-corrected chi connectivity index (χ3v) is 12.6. The lowest BCUT2D eigenvalue weighted by Crippen LogP contribution is -2.17. The molecule has 0 saturated carbocycles. The van der Waals surface area contributed by atoms with E-state index in [0.717, 1.165) is 113 Å². The number of fused-ring (bicyclic) bond motifs is 2. The Balaban J connectivity index is 0.000000184. The van der Waals surface area contributed by atoms with E-state index in [9.17, 15) is 0 Å². The Bertz CT molecular complexity index is 2650. The van der Waals surface area contributed by atoms with Crippen molar-refractivity contribution in [3.05, 3.63) is 105 Å². The van der Waals surface area contributed by atoms with Crippen molar-refractivity contribution in [2.45, 2.75) is 65.5 Å². The molecule has 0 aliphatic heterocycles. The highest BCUT2D eigenvalue weighted by molar-refractivity contribution is 9.10. The summed E-state index contributed by atoms with van der Waals surface area (Å²) < 4.78 is 4.57. The number of benzene rings is 2. The number of hydrogen-bond donors (Lipinski definition) is 6. The SMILES string of the molecule is CC(C)c1nnc(-c2cccc(Nc3ncnn4c(Br)cc(CNCCCN)c34)c2)s1.CC(C)c1nnc(-c2cccc(Nc3ncnn4ccc(CNCCCN)c34)c2)s1. The van der Waals surface area contributed by atoms with E-state index >= 15 is 0 Å². The summed E-state index contributed by atoms with van der Waals surface area (Å²) in [7, 11) is 0. The second-order valence-electron chi connectivity index (χ2n) is 14.9. The van der Waals surface area contributed by atoms with E-state index in [4.69, 9.17) is 11.5 Å². The Labute approximate surface area is 371 Å². The molecule has 0 unspecified atom stereocenters. The summed E-state index contributed by atoms with van der Waals surface area (Å²) in [5.41, 5.74) is 19.2. The molecule has 16 nitrogen and oxygen atoms in total. The normalized spacial score (nSPS) is 11.5. The van der Waals surface area contributed by atoms with Crippen molar-refractivity contribution in [3.8, 4) is 21.1 Å². The molecular formula is C42H51BrN16S2. The number of aromatic nitrogens is 10. The zero-order valence-electron chi connectivity index (χ0n) is 34.6. The van der Waals surface area contributed by atoms with Crippen molar-refractivity contribution in [1.29, 1.82) is 0 Å². The van der Waals surface area contributed by atoms with Gasteiger partial charge in [0.1, 0.15) is 48.3 Å². The minimum Gasteiger partial charge on any atom is -0.338 e. The molecule has 6 heterocycles. The summed E-state index contributed by atoms with van der Waals surface area (Å²) in [5.74, 6) is 2.25. The van der Waals surface area contributed by atoms with Crippen LogP contribution in [0.2, 0.25) is 0 Å². The highest BCUT2D eigenvalue weighted by Crippen LogP contribution is 2.33. The monoisotopic (exact) mass is 922 g/mol. The van der Waals surface area contributed by atoms with Crippen molar-refractivity contribution in [1.82, 2.24) is 60.2 Å². The summed E-state index contributed by atoms with van der Waals surface area (Å²) in [5, 5.41) is 43.7. The van der Waals surface area contributed by atoms with Crippen LogP contribution in [0.5, 0.6) is 0 Å². The van der Waals surface area contributed by atoms with Crippen LogP contribution in [0, 0.1) is 0 Å². The van der Waals surface area contributed by atoms with Gasteiger partial charge in [0.15, 0.2) is 11.6 Å². The van der Waals surface area contributed by atoms with Crippen LogP contribution in [0.1, 0.15) is 73.5 Å². The number of anilines is 4. The van der Waals surface area contributed by atoms with E-state index in [-0.39, 0.29) is 0 Å². The molecular weight excluding hydrogens is 873 g/mol. The maximum atomic E-state index is 5.59. The van der Waals surface area contributed by atoms with Gasteiger partial charge in [0.25, 0.3) is 0 Å². The van der Waals surface area contributed by atoms with E-state index in [1.54, 1.807) is 35.3 Å². The molecule has 0 radical (unpaired) electrons. The second-order valence-corrected chi connectivity index (χ2v) is 17.7. The molecule has 318 valence electrons. The molecule has 6 aromatic heterocycles. The number of nitrogens with two attached hydrogens (primary N) is 2. The highest BCUT2D eigenvalue weighted by Gasteiger charge is 2.16. The molecule has 0 amide bonds. The largest absolute Gasteiger partial charge is 0.338 e. The highest BCUT2D eigenvalue weighted by atomic mass is 79.9. The van der Waals surface area contributed by atoms with Crippen molar-refractivity contribution in [2.24, 2.45) is 11.5 Å². The molecule has 0 aliphatic rings. The number of hydrogen-bond acceptors (Lipinski definition) is 16. The molecule has 61 heavy (non-hydrogen) atoms. The van der Waals surface area contributed by atoms with Crippen LogP contribution >= 0.6 is 38.6 Å². The smallest absolute Gasteiger partial charge is 0.158 e. The van der Waals surface area contributed by atoms with Gasteiger partial charge in [-0.1, -0.05) is 74.6 Å². The fourth-order valence-electron chi connectivity index (χ4n) is 6.36. The molecule has 0 spiro atoms. The molecule has 8 rings (SSSR count). The van der Waals surface area contributed by atoms with Crippen LogP contribution in [0.3, 0.4) is 0 Å². The molecule has 8 aromatic rings. The van der Waals surface area contributed by atoms with Crippen LogP contribution < -0.4 is 32.7 Å². The second kappa shape index (κ2) is 21.0. The molecule has 19 heteroatoms. The van der Waals surface area contributed by atoms with E-state index in [1.165, 1.54) is 0 Å². The van der Waals surface area contributed by atoms with E-state index < -0.39 is 0 Å². The average molecular weight is 924 g/mol. The average Bonchev–Trinajstić information content (AvgIpc) is 4.09. The Morgan fingerprint density at radius 2 is 1.20 bits per heavy atom. The summed E-state index contributed by atoms with van der Waals surface area (Å²) in [6.45, 7) is 13.1. The van der Waals surface area contributed by atoms with Gasteiger partial charge in [-0.3, -0.25) is 0 Å². The van der Waals surface area contributed by atoms with Crippen LogP contribution in [-0.2, 0) is 13.1 Å². The maximum Gasteiger partial charge on any atom is 0.158 e. The minimum absolute atomic E-state index is 0.367. The van der Waals surface area contributed by atoms with Crippen molar-refractivity contribution >= 4 is 72.6 Å². The fourth-order valence-corrected chi connectivity index (χ4v) is 8.59. The summed E-state index contributed by atoms with van der Waals surface area (Å²) in [6.07, 6.45) is 6.95. The van der Waals surface area contributed by atoms with E-state index in [2.05, 4.69) is 136 Å². The van der Waals surface area contributed by atoms with Gasteiger partial charge in [-0.25, -0.2) is 19.0 Å². The van der Waals surface area contributed by atoms with Gasteiger partial charge in [0.2, 0.25) is 0 Å². The quantitative estimate of drug-likeness (QED) is 0.0453. The first-order valence-corrected chi connectivity index (χ1v) is 22.7. The summed E-state index contributed by atoms with van der Waals surface area (Å²) in [6, 6.07) is 20.4. The Morgan fingerprint density at radius 3 is 1.74 bits per heavy atom. The van der Waals surface area contributed by atoms with E-state index in [0.29, 0.717) is 31.5 Å². The summed E-state index contributed by atoms with van der Waals surface area (Å²) >= 11 is 6.86. The standard InChI is InChI=1S/C21H25BrN8S.C21H26N8S/c1-13(2)20-28-29-21(31-20)14-5-3-6-16(9-14)27-19-18-15(11-24-8-4-7-23)10-17(22)30(18)26-12-25-19;1-14(2)20-27-28-21(30-20)15-5-3-6-17(11-15)26-19-18-16(12-23-9-4-8-22)7-10-29(18)25-13-24-19/h3,5-6,9-10,12-13,24H,4,7-8,11,23H2,1-2H3,(H,25,26,27);3,5-7,10-11,13-14,23H,4,8-9,12,22H2,1-2H3,(H,24,25,26). The minimum atomic E-state index is 0.367. The third kappa shape index (κ3) is 11.0. The lowest BCUT2D eigenvalue weighted by atomic mass is 10.2. The van der Waals surface area contributed by atoms with Crippen LogP contribution in [0.4, 0.5) is 23.0 Å². The van der Waals surface area contributed by atoms with Crippen LogP contribution in [-0.4, -0.2) is 75.8 Å². The lowest BCUT2D eigenvalue weighted by molar-refractivity contribution is 0.657. The van der Waals surface area contributed by atoms with Crippen LogP contribution in [0.15, 0.2) is 84.1 Å². The van der Waals surface area contributed by atoms with Gasteiger partial charge in [-0.15, -0.1) is 20.4 Å². The zero-order valence-corrected chi connectivity index (χ0v) is 37.9. The predicted molar refractivity (Wildman–Crippen MR) is 250 cm³/mol. The van der Waals surface area contributed by atoms with Gasteiger partial charge < -0.3 is 32.7 Å². The third-order valence-electron chi connectivity index (χ3n) is 9.49. The van der Waals surface area contributed by atoms with Gasteiger partial charge in [0, 0.05) is 53.6 Å². The number of nitrogens with zero attached hydrogens (tertiary/aromatic N) is 10. The van der Waals surface area contributed by atoms with Gasteiger partial charge in [-0.05, 0) is 102 Å².